The highest BCUT2D eigenvalue weighted by atomic mass is 16.2. The zero-order chi connectivity index (χ0) is 25.7. The van der Waals surface area contributed by atoms with Crippen LogP contribution in [0, 0.1) is 36.5 Å². The summed E-state index contributed by atoms with van der Waals surface area (Å²) in [5.74, 6) is 4.72. The molecule has 1 aliphatic heterocycles. The second-order valence-corrected chi connectivity index (χ2v) is 10.8. The van der Waals surface area contributed by atoms with Crippen LogP contribution in [0.4, 0.5) is 4.79 Å². The predicted octanol–water partition coefficient (Wildman–Crippen LogP) is 3.96. The highest BCUT2D eigenvalue weighted by Gasteiger charge is 2.63. The standard InChI is InChI=1S/C29H29N3O4.H2/c1-4-7-20-10-18(2)24(19(3)11-20)25-22(33)12-28(13-23(25)34)14-29(15-28)16-32(17-29)27(36)31-26(35)21-8-5-6-9-30-21;/h5-6,8-11,25H,12-17H2,1-3H3,(H,31,35,36);1H. The molecule has 186 valence electrons. The summed E-state index contributed by atoms with van der Waals surface area (Å²) in [5.41, 5.74) is 3.42. The van der Waals surface area contributed by atoms with Gasteiger partial charge in [-0.1, -0.05) is 12.0 Å². The molecule has 2 saturated carbocycles. The number of carbonyl (C=O) groups excluding carboxylic acids is 4. The number of imide groups is 1. The minimum Gasteiger partial charge on any atom is -0.323 e. The van der Waals surface area contributed by atoms with Crippen molar-refractivity contribution in [2.24, 2.45) is 10.8 Å². The van der Waals surface area contributed by atoms with Crippen LogP contribution in [0.2, 0.25) is 0 Å². The minimum absolute atomic E-state index is 0. The second kappa shape index (κ2) is 8.70. The molecule has 3 fully saturated rings. The van der Waals surface area contributed by atoms with Gasteiger partial charge < -0.3 is 4.90 Å². The number of urea groups is 1. The first-order valence-electron chi connectivity index (χ1n) is 12.2. The van der Waals surface area contributed by atoms with Gasteiger partial charge in [0.25, 0.3) is 5.91 Å². The summed E-state index contributed by atoms with van der Waals surface area (Å²) in [6, 6.07) is 8.42. The molecular weight excluding hydrogens is 454 g/mol. The van der Waals surface area contributed by atoms with E-state index in [9.17, 15) is 19.2 Å². The number of carbonyl (C=O) groups is 4. The fourth-order valence-electron chi connectivity index (χ4n) is 6.81. The van der Waals surface area contributed by atoms with E-state index in [1.807, 2.05) is 26.0 Å². The average Bonchev–Trinajstić information content (AvgIpc) is 2.77. The van der Waals surface area contributed by atoms with Crippen molar-refractivity contribution in [2.75, 3.05) is 13.1 Å². The van der Waals surface area contributed by atoms with Crippen LogP contribution in [0.25, 0.3) is 0 Å². The van der Waals surface area contributed by atoms with E-state index in [1.54, 1.807) is 30.0 Å². The van der Waals surface area contributed by atoms with E-state index in [2.05, 4.69) is 22.1 Å². The first kappa shape index (κ1) is 23.9. The Kier molecular flexibility index (Phi) is 5.78. The zero-order valence-corrected chi connectivity index (χ0v) is 20.8. The van der Waals surface area contributed by atoms with Gasteiger partial charge in [0.05, 0.1) is 0 Å². The monoisotopic (exact) mass is 485 g/mol. The van der Waals surface area contributed by atoms with Crippen molar-refractivity contribution in [1.82, 2.24) is 15.2 Å². The van der Waals surface area contributed by atoms with E-state index < -0.39 is 17.9 Å². The predicted molar refractivity (Wildman–Crippen MR) is 135 cm³/mol. The Morgan fingerprint density at radius 2 is 1.69 bits per heavy atom. The van der Waals surface area contributed by atoms with Crippen LogP contribution in [0.3, 0.4) is 0 Å². The number of nitrogens with one attached hydrogen (secondary N) is 1. The molecule has 3 amide bonds. The fourth-order valence-corrected chi connectivity index (χ4v) is 6.81. The number of aromatic nitrogens is 1. The highest BCUT2D eigenvalue weighted by Crippen LogP contribution is 2.64. The maximum Gasteiger partial charge on any atom is 0.324 e. The van der Waals surface area contributed by atoms with Crippen LogP contribution in [-0.2, 0) is 9.59 Å². The summed E-state index contributed by atoms with van der Waals surface area (Å²) >= 11 is 0. The molecule has 36 heavy (non-hydrogen) atoms. The molecule has 1 saturated heterocycles. The lowest BCUT2D eigenvalue weighted by molar-refractivity contribution is -0.162. The Bertz CT molecular complexity index is 1300. The topological polar surface area (TPSA) is 96.4 Å². The Morgan fingerprint density at radius 1 is 1.06 bits per heavy atom. The average molecular weight is 486 g/mol. The van der Waals surface area contributed by atoms with Gasteiger partial charge in [0.1, 0.15) is 23.2 Å². The number of hydrogen-bond acceptors (Lipinski definition) is 5. The van der Waals surface area contributed by atoms with E-state index in [0.29, 0.717) is 25.9 Å². The molecule has 0 bridgehead atoms. The molecule has 3 aliphatic rings. The number of hydrogen-bond donors (Lipinski definition) is 1. The van der Waals surface area contributed by atoms with Crippen molar-refractivity contribution in [3.8, 4) is 11.8 Å². The van der Waals surface area contributed by atoms with Crippen molar-refractivity contribution in [2.45, 2.75) is 52.4 Å². The third-order valence-corrected chi connectivity index (χ3v) is 7.85. The Balaban J connectivity index is 0.00000320. The number of Topliss-reactive ketones (excluding diaryl/α,β-unsaturated/α-hetero) is 2. The van der Waals surface area contributed by atoms with E-state index in [1.165, 1.54) is 6.20 Å². The molecule has 1 aromatic carbocycles. The lowest BCUT2D eigenvalue weighted by Gasteiger charge is -2.65. The number of aryl methyl sites for hydroxylation is 2. The third-order valence-electron chi connectivity index (χ3n) is 7.85. The van der Waals surface area contributed by atoms with E-state index in [0.717, 1.165) is 35.1 Å². The molecule has 2 aliphatic carbocycles. The van der Waals surface area contributed by atoms with Crippen LogP contribution in [0.5, 0.6) is 0 Å². The van der Waals surface area contributed by atoms with Gasteiger partial charge in [-0.25, -0.2) is 4.79 Å². The van der Waals surface area contributed by atoms with Crippen molar-refractivity contribution >= 4 is 23.5 Å². The summed E-state index contributed by atoms with van der Waals surface area (Å²) < 4.78 is 0. The minimum atomic E-state index is -0.697. The maximum atomic E-state index is 13.3. The summed E-state index contributed by atoms with van der Waals surface area (Å²) in [5, 5.41) is 2.38. The molecule has 2 spiro atoms. The van der Waals surface area contributed by atoms with Gasteiger partial charge in [-0.3, -0.25) is 24.7 Å². The van der Waals surface area contributed by atoms with E-state index in [-0.39, 0.29) is 29.5 Å². The first-order chi connectivity index (χ1) is 17.1. The number of benzene rings is 1. The van der Waals surface area contributed by atoms with Gasteiger partial charge >= 0.3 is 6.03 Å². The van der Waals surface area contributed by atoms with Crippen molar-refractivity contribution < 1.29 is 20.6 Å². The first-order valence-corrected chi connectivity index (χ1v) is 12.2. The number of pyridine rings is 1. The summed E-state index contributed by atoms with van der Waals surface area (Å²) in [6.07, 6.45) is 3.80. The van der Waals surface area contributed by atoms with Crippen LogP contribution in [0.15, 0.2) is 36.5 Å². The number of amides is 3. The maximum absolute atomic E-state index is 13.3. The number of ketones is 2. The van der Waals surface area contributed by atoms with Gasteiger partial charge in [-0.15, -0.1) is 5.92 Å². The molecule has 5 rings (SSSR count). The zero-order valence-electron chi connectivity index (χ0n) is 20.8. The number of nitrogens with zero attached hydrogens (tertiary/aromatic N) is 2. The number of rotatable bonds is 2. The molecule has 1 N–H and O–H groups in total. The normalized spacial score (nSPS) is 19.8. The quantitative estimate of drug-likeness (QED) is 0.513. The molecule has 2 heterocycles. The van der Waals surface area contributed by atoms with Crippen LogP contribution in [-0.4, -0.2) is 46.5 Å². The van der Waals surface area contributed by atoms with Gasteiger partial charge in [0.15, 0.2) is 0 Å². The smallest absolute Gasteiger partial charge is 0.323 e. The molecule has 0 unspecified atom stereocenters. The van der Waals surface area contributed by atoms with Gasteiger partial charge in [0, 0.05) is 44.5 Å². The summed E-state index contributed by atoms with van der Waals surface area (Å²) in [7, 11) is 0. The van der Waals surface area contributed by atoms with E-state index >= 15 is 0 Å². The molecule has 2 aromatic rings. The Hall–Kier alpha value is -3.79. The molecule has 7 heteroatoms. The van der Waals surface area contributed by atoms with E-state index in [4.69, 9.17) is 0 Å². The van der Waals surface area contributed by atoms with Gasteiger partial charge in [-0.05, 0) is 80.0 Å². The largest absolute Gasteiger partial charge is 0.324 e. The highest BCUT2D eigenvalue weighted by molar-refractivity contribution is 6.11. The van der Waals surface area contributed by atoms with Crippen LogP contribution >= 0.6 is 0 Å². The number of likely N-dealkylation sites (tertiary alicyclic amines) is 1. The lowest BCUT2D eigenvalue weighted by Crippen LogP contribution is -2.69. The summed E-state index contributed by atoms with van der Waals surface area (Å²) in [4.78, 5) is 56.9. The molecule has 0 atom stereocenters. The van der Waals surface area contributed by atoms with Gasteiger partial charge in [0.2, 0.25) is 0 Å². The fraction of sp³-hybridized carbons (Fsp3) is 0.414. The molecule has 0 radical (unpaired) electrons. The third kappa shape index (κ3) is 4.11. The van der Waals surface area contributed by atoms with Gasteiger partial charge in [-0.2, -0.15) is 0 Å². The van der Waals surface area contributed by atoms with Crippen molar-refractivity contribution in [3.63, 3.8) is 0 Å². The SMILES string of the molecule is CC#Cc1cc(C)c(C2C(=O)CC3(CC2=O)CC2(CN(C(=O)NC(=O)c4ccccn4)C2)C3)c(C)c1.[HH]. The Labute approximate surface area is 212 Å². The lowest BCUT2D eigenvalue weighted by atomic mass is 9.45. The molecule has 7 nitrogen and oxygen atoms in total. The van der Waals surface area contributed by atoms with Crippen LogP contribution in [0.1, 0.15) is 72.7 Å². The molecular formula is C29H31N3O4. The van der Waals surface area contributed by atoms with Crippen LogP contribution < -0.4 is 5.32 Å². The summed E-state index contributed by atoms with van der Waals surface area (Å²) in [6.45, 7) is 6.73. The Morgan fingerprint density at radius 3 is 2.25 bits per heavy atom. The van der Waals surface area contributed by atoms with Crippen molar-refractivity contribution in [3.05, 3.63) is 64.5 Å². The van der Waals surface area contributed by atoms with Crippen molar-refractivity contribution in [1.29, 1.82) is 0 Å². The second-order valence-electron chi connectivity index (χ2n) is 10.8. The molecule has 1 aromatic heterocycles.